The summed E-state index contributed by atoms with van der Waals surface area (Å²) in [6, 6.07) is 22.9. The number of benzene rings is 3. The normalized spacial score (nSPS) is 17.2. The molecule has 1 heterocycles. The molecular weight excluding hydrogens is 589 g/mol. The lowest BCUT2D eigenvalue weighted by molar-refractivity contribution is 0.280. The van der Waals surface area contributed by atoms with E-state index >= 15 is 0 Å². The van der Waals surface area contributed by atoms with E-state index in [2.05, 4.69) is 109 Å². The van der Waals surface area contributed by atoms with Gasteiger partial charge in [0, 0.05) is 36.3 Å². The van der Waals surface area contributed by atoms with Crippen molar-refractivity contribution in [2.45, 2.75) is 64.9 Å². The first-order valence-corrected chi connectivity index (χ1v) is 16.8. The van der Waals surface area contributed by atoms with Gasteiger partial charge in [0.25, 0.3) is 0 Å². The van der Waals surface area contributed by atoms with Crippen LogP contribution >= 0.6 is 9.24 Å². The quantitative estimate of drug-likeness (QED) is 0.0720. The fourth-order valence-corrected chi connectivity index (χ4v) is 6.28. The van der Waals surface area contributed by atoms with E-state index in [1.54, 1.807) is 18.3 Å². The Kier molecular flexibility index (Phi) is 12.3. The second-order valence-corrected chi connectivity index (χ2v) is 13.1. The van der Waals surface area contributed by atoms with Crippen molar-refractivity contribution < 1.29 is 9.47 Å². The van der Waals surface area contributed by atoms with E-state index in [-0.39, 0.29) is 24.5 Å². The van der Waals surface area contributed by atoms with Crippen LogP contribution in [0.1, 0.15) is 60.8 Å². The maximum Gasteiger partial charge on any atom is 0.129 e. The Bertz CT molecular complexity index is 1480. The van der Waals surface area contributed by atoms with Crippen LogP contribution in [0.4, 0.5) is 0 Å². The maximum atomic E-state index is 6.63. The number of methoxy groups -OCH3 is 1. The fraction of sp³-hybridized carbons (Fsp3) is 0.368. The molecule has 46 heavy (non-hydrogen) atoms. The highest BCUT2D eigenvalue weighted by molar-refractivity contribution is 7.17. The van der Waals surface area contributed by atoms with Crippen molar-refractivity contribution in [3.63, 3.8) is 0 Å². The summed E-state index contributed by atoms with van der Waals surface area (Å²) in [5.41, 5.74) is 15.0. The number of hydrogen-bond acceptors (Lipinski definition) is 7. The summed E-state index contributed by atoms with van der Waals surface area (Å²) in [6.45, 7) is 19.4. The number of rotatable bonds is 15. The second-order valence-electron chi connectivity index (χ2n) is 12.4. The highest BCUT2D eigenvalue weighted by Crippen LogP contribution is 2.37. The Hall–Kier alpha value is -3.77. The van der Waals surface area contributed by atoms with Crippen molar-refractivity contribution in [2.24, 2.45) is 17.5 Å². The Morgan fingerprint density at radius 3 is 2.46 bits per heavy atom. The minimum Gasteiger partial charge on any atom is -0.496 e. The van der Waals surface area contributed by atoms with E-state index in [0.29, 0.717) is 18.2 Å². The van der Waals surface area contributed by atoms with Crippen LogP contribution in [0.25, 0.3) is 5.70 Å². The molecule has 0 radical (unpaired) electrons. The fourth-order valence-electron chi connectivity index (χ4n) is 5.94. The van der Waals surface area contributed by atoms with Gasteiger partial charge in [-0.15, -0.1) is 9.24 Å². The van der Waals surface area contributed by atoms with Gasteiger partial charge in [-0.1, -0.05) is 82.0 Å². The van der Waals surface area contributed by atoms with E-state index in [1.807, 2.05) is 18.2 Å². The predicted molar refractivity (Wildman–Crippen MR) is 195 cm³/mol. The molecule has 5 N–H and O–H groups in total. The smallest absolute Gasteiger partial charge is 0.129 e. The number of nitrogens with one attached hydrogen (secondary N) is 1. The average Bonchev–Trinajstić information content (AvgIpc) is 3.52. The third kappa shape index (κ3) is 8.73. The molecule has 3 aromatic carbocycles. The van der Waals surface area contributed by atoms with Crippen LogP contribution in [-0.4, -0.2) is 42.3 Å². The maximum absolute atomic E-state index is 6.63. The van der Waals surface area contributed by atoms with Crippen molar-refractivity contribution in [2.75, 3.05) is 20.3 Å². The molecule has 1 fully saturated rings. The molecule has 4 unspecified atom stereocenters. The van der Waals surface area contributed by atoms with Crippen molar-refractivity contribution in [1.29, 1.82) is 0 Å². The molecule has 4 atom stereocenters. The molecule has 1 aliphatic rings. The molecule has 0 amide bonds. The number of ether oxygens (including phenoxy) is 2. The summed E-state index contributed by atoms with van der Waals surface area (Å²) in [6.07, 6.45) is 3.53. The zero-order chi connectivity index (χ0) is 33.4. The molecule has 8 heteroatoms. The number of nitrogens with two attached hydrogens (primary N) is 2. The first-order valence-electron chi connectivity index (χ1n) is 16.1. The summed E-state index contributed by atoms with van der Waals surface area (Å²) < 4.78 is 11.7. The Morgan fingerprint density at radius 1 is 1.13 bits per heavy atom. The van der Waals surface area contributed by atoms with Crippen LogP contribution < -0.4 is 26.4 Å². The molecule has 7 nitrogen and oxygen atoms in total. The van der Waals surface area contributed by atoms with Crippen LogP contribution in [0, 0.1) is 12.8 Å². The Labute approximate surface area is 278 Å². The standard InChI is InChI=1S/C38H52N5O2P/c1-8-30-18-32(19-37(44-7)27(30)5)28(6)42-23-34(20-36(42)26(4)25(2)3)43(40)22-33(39)24-45-35-16-14-31(15-17-35)38(46)41-21-29-12-10-9-11-13-29/h9-19,22,25,34,36,38,41H,4,6,8,20-21,23-24,39-40,46H2,1-3,5,7H3/b33-22-. The van der Waals surface area contributed by atoms with Crippen LogP contribution in [0.3, 0.4) is 0 Å². The van der Waals surface area contributed by atoms with Crippen LogP contribution in [-0.2, 0) is 13.0 Å². The van der Waals surface area contributed by atoms with E-state index in [0.717, 1.165) is 47.7 Å². The van der Waals surface area contributed by atoms with Gasteiger partial charge in [0.2, 0.25) is 0 Å². The zero-order valence-corrected chi connectivity index (χ0v) is 29.3. The molecule has 246 valence electrons. The topological polar surface area (TPSA) is 89.0 Å². The Balaban J connectivity index is 1.38. The SMILES string of the molecule is C=C(C(C)C)C1CC(N(N)/C=C(\N)COc2ccc(C(P)NCc3ccccc3)cc2)CN1C(=C)c1cc(CC)c(C)c(OC)c1. The van der Waals surface area contributed by atoms with Gasteiger partial charge in [0.05, 0.1) is 24.9 Å². The monoisotopic (exact) mass is 641 g/mol. The van der Waals surface area contributed by atoms with E-state index < -0.39 is 0 Å². The zero-order valence-electron chi connectivity index (χ0n) is 28.1. The van der Waals surface area contributed by atoms with Crippen LogP contribution in [0.2, 0.25) is 0 Å². The van der Waals surface area contributed by atoms with Gasteiger partial charge in [-0.05, 0) is 72.2 Å². The van der Waals surface area contributed by atoms with Gasteiger partial charge in [-0.2, -0.15) is 0 Å². The van der Waals surface area contributed by atoms with Crippen molar-refractivity contribution in [1.82, 2.24) is 15.2 Å². The predicted octanol–water partition coefficient (Wildman–Crippen LogP) is 6.91. The summed E-state index contributed by atoms with van der Waals surface area (Å²) in [7, 11) is 4.58. The Morgan fingerprint density at radius 2 is 1.83 bits per heavy atom. The summed E-state index contributed by atoms with van der Waals surface area (Å²) >= 11 is 0. The van der Waals surface area contributed by atoms with Crippen molar-refractivity contribution in [3.05, 3.63) is 125 Å². The first kappa shape index (κ1) is 35.1. The number of nitrogens with zero attached hydrogens (tertiary/aromatic N) is 2. The highest BCUT2D eigenvalue weighted by Gasteiger charge is 2.37. The van der Waals surface area contributed by atoms with Gasteiger partial charge in [0.15, 0.2) is 0 Å². The highest BCUT2D eigenvalue weighted by atomic mass is 31.0. The molecule has 1 saturated heterocycles. The molecule has 3 aromatic rings. The van der Waals surface area contributed by atoms with Crippen molar-refractivity contribution >= 4 is 14.9 Å². The van der Waals surface area contributed by atoms with Crippen LogP contribution in [0.5, 0.6) is 11.5 Å². The summed E-state index contributed by atoms with van der Waals surface area (Å²) in [4.78, 5) is 2.34. The van der Waals surface area contributed by atoms with E-state index in [4.69, 9.17) is 21.1 Å². The number of hydrazine groups is 1. The molecule has 0 spiro atoms. The molecule has 0 aliphatic carbocycles. The van der Waals surface area contributed by atoms with Gasteiger partial charge >= 0.3 is 0 Å². The van der Waals surface area contributed by atoms with Gasteiger partial charge < -0.3 is 30.4 Å². The molecule has 0 aromatic heterocycles. The van der Waals surface area contributed by atoms with Crippen molar-refractivity contribution in [3.8, 4) is 11.5 Å². The largest absolute Gasteiger partial charge is 0.496 e. The van der Waals surface area contributed by atoms with E-state index in [1.165, 1.54) is 22.3 Å². The third-order valence-electron chi connectivity index (χ3n) is 8.95. The summed E-state index contributed by atoms with van der Waals surface area (Å²) in [5, 5.41) is 5.26. The molecular formula is C38H52N5O2P. The summed E-state index contributed by atoms with van der Waals surface area (Å²) in [5.74, 6) is 8.71. The van der Waals surface area contributed by atoms with Gasteiger partial charge in [-0.3, -0.25) is 0 Å². The average molecular weight is 642 g/mol. The first-order chi connectivity index (χ1) is 22.0. The minimum atomic E-state index is 0.0236. The molecule has 4 rings (SSSR count). The molecule has 0 bridgehead atoms. The van der Waals surface area contributed by atoms with Gasteiger partial charge in [-0.25, -0.2) is 5.84 Å². The van der Waals surface area contributed by atoms with E-state index in [9.17, 15) is 0 Å². The third-order valence-corrected chi connectivity index (χ3v) is 9.57. The minimum absolute atomic E-state index is 0.0236. The lowest BCUT2D eigenvalue weighted by Crippen LogP contribution is -2.39. The van der Waals surface area contributed by atoms with Crippen LogP contribution in [0.15, 0.2) is 97.4 Å². The number of aryl methyl sites for hydroxylation is 1. The molecule has 0 saturated carbocycles. The number of likely N-dealkylation sites (tertiary alicyclic amines) is 1. The lowest BCUT2D eigenvalue weighted by atomic mass is 9.94. The second kappa shape index (κ2) is 16.2. The lowest BCUT2D eigenvalue weighted by Gasteiger charge is -2.32. The van der Waals surface area contributed by atoms with Gasteiger partial charge in [0.1, 0.15) is 18.1 Å². The molecule has 1 aliphatic heterocycles. The number of hydrogen-bond donors (Lipinski definition) is 3.